The minimum absolute atomic E-state index is 0.0376. The Morgan fingerprint density at radius 2 is 1.60 bits per heavy atom. The van der Waals surface area contributed by atoms with Crippen LogP contribution in [0, 0.1) is 0 Å². The van der Waals surface area contributed by atoms with Gasteiger partial charge in [0.15, 0.2) is 5.82 Å². The summed E-state index contributed by atoms with van der Waals surface area (Å²) in [4.78, 5) is 45.9. The molecule has 7 nitrogen and oxygen atoms in total. The lowest BCUT2D eigenvalue weighted by Gasteiger charge is -2.23. The van der Waals surface area contributed by atoms with Crippen molar-refractivity contribution in [2.45, 2.75) is 13.0 Å². The second-order valence-corrected chi connectivity index (χ2v) is 7.13. The summed E-state index contributed by atoms with van der Waals surface area (Å²) >= 11 is 12.1. The van der Waals surface area contributed by atoms with Crippen LogP contribution in [0.4, 0.5) is 5.69 Å². The highest BCUT2D eigenvalue weighted by Crippen LogP contribution is 2.25. The lowest BCUT2D eigenvalue weighted by Crippen LogP contribution is -2.32. The molecule has 0 saturated carbocycles. The molecular formula is C21H16Cl2N4O3. The summed E-state index contributed by atoms with van der Waals surface area (Å²) in [5, 5.41) is 0.736. The fourth-order valence-corrected chi connectivity index (χ4v) is 3.03. The number of Topliss-reactive ketones (excluding diaryl/α,β-unsaturated/α-hetero) is 1. The molecule has 0 unspecified atom stereocenters. The fourth-order valence-electron chi connectivity index (χ4n) is 2.70. The predicted molar refractivity (Wildman–Crippen MR) is 114 cm³/mol. The van der Waals surface area contributed by atoms with Crippen LogP contribution < -0.4 is 10.6 Å². The van der Waals surface area contributed by atoms with Crippen LogP contribution in [0.5, 0.6) is 0 Å². The summed E-state index contributed by atoms with van der Waals surface area (Å²) < 4.78 is 0. The SMILES string of the molecule is NC(=O)c1ccc(N(Cc2ccc(Cl)c(Cl)c2)C(=O)CC(=O)c2ncccn2)cc1. The maximum absolute atomic E-state index is 13.0. The third-order valence-corrected chi connectivity index (χ3v) is 4.96. The van der Waals surface area contributed by atoms with E-state index in [2.05, 4.69) is 9.97 Å². The van der Waals surface area contributed by atoms with E-state index in [9.17, 15) is 14.4 Å². The van der Waals surface area contributed by atoms with E-state index in [1.54, 1.807) is 36.4 Å². The van der Waals surface area contributed by atoms with Crippen LogP contribution in [-0.4, -0.2) is 27.6 Å². The van der Waals surface area contributed by atoms with E-state index in [4.69, 9.17) is 28.9 Å². The molecule has 2 N–H and O–H groups in total. The molecule has 0 atom stereocenters. The Bertz CT molecular complexity index is 1090. The standard InChI is InChI=1S/C21H16Cl2N4O3/c22-16-7-2-13(10-17(16)23)12-27(15-5-3-14(4-6-15)20(24)30)19(29)11-18(28)21-25-8-1-9-26-21/h1-10H,11-12H2,(H2,24,30). The van der Waals surface area contributed by atoms with Gasteiger partial charge in [0.05, 0.1) is 23.0 Å². The van der Waals surface area contributed by atoms with Crippen molar-refractivity contribution in [3.63, 3.8) is 0 Å². The Kier molecular flexibility index (Phi) is 6.76. The van der Waals surface area contributed by atoms with E-state index in [1.807, 2.05) is 0 Å². The predicted octanol–water partition coefficient (Wildman–Crippen LogP) is 3.69. The minimum Gasteiger partial charge on any atom is -0.366 e. The number of benzene rings is 2. The molecule has 0 aliphatic rings. The van der Waals surface area contributed by atoms with Crippen molar-refractivity contribution in [3.05, 3.63) is 87.9 Å². The van der Waals surface area contributed by atoms with Gasteiger partial charge in [-0.1, -0.05) is 29.3 Å². The highest BCUT2D eigenvalue weighted by Gasteiger charge is 2.22. The van der Waals surface area contributed by atoms with Crippen molar-refractivity contribution in [1.82, 2.24) is 9.97 Å². The molecule has 152 valence electrons. The largest absolute Gasteiger partial charge is 0.366 e. The Balaban J connectivity index is 1.89. The average molecular weight is 443 g/mol. The molecular weight excluding hydrogens is 427 g/mol. The van der Waals surface area contributed by atoms with Crippen molar-refractivity contribution < 1.29 is 14.4 Å². The summed E-state index contributed by atoms with van der Waals surface area (Å²) in [6, 6.07) is 12.8. The quantitative estimate of drug-likeness (QED) is 0.443. The van der Waals surface area contributed by atoms with E-state index in [0.29, 0.717) is 26.9 Å². The van der Waals surface area contributed by atoms with Crippen LogP contribution in [0.25, 0.3) is 0 Å². The lowest BCUT2D eigenvalue weighted by atomic mass is 10.1. The van der Waals surface area contributed by atoms with Gasteiger partial charge in [-0.2, -0.15) is 0 Å². The molecule has 0 aliphatic heterocycles. The Hall–Kier alpha value is -3.29. The molecule has 9 heteroatoms. The average Bonchev–Trinajstić information content (AvgIpc) is 2.75. The van der Waals surface area contributed by atoms with Gasteiger partial charge in [0, 0.05) is 23.6 Å². The zero-order valence-electron chi connectivity index (χ0n) is 15.6. The first-order valence-electron chi connectivity index (χ1n) is 8.79. The number of carbonyl (C=O) groups is 3. The number of hydrogen-bond donors (Lipinski definition) is 1. The number of nitrogens with two attached hydrogens (primary N) is 1. The first-order valence-corrected chi connectivity index (χ1v) is 9.55. The number of halogens is 2. The maximum atomic E-state index is 13.0. The normalized spacial score (nSPS) is 10.5. The molecule has 1 aromatic heterocycles. The van der Waals surface area contributed by atoms with Crippen molar-refractivity contribution >= 4 is 46.5 Å². The summed E-state index contributed by atoms with van der Waals surface area (Å²) in [7, 11) is 0. The molecule has 0 aliphatic carbocycles. The maximum Gasteiger partial charge on any atom is 0.248 e. The van der Waals surface area contributed by atoms with Gasteiger partial charge < -0.3 is 10.6 Å². The third kappa shape index (κ3) is 5.20. The van der Waals surface area contributed by atoms with Crippen LogP contribution in [0.3, 0.4) is 0 Å². The number of ketones is 1. The zero-order valence-corrected chi connectivity index (χ0v) is 17.1. The summed E-state index contributed by atoms with van der Waals surface area (Å²) in [6.07, 6.45) is 2.43. The minimum atomic E-state index is -0.583. The van der Waals surface area contributed by atoms with Gasteiger partial charge >= 0.3 is 0 Å². The van der Waals surface area contributed by atoms with E-state index in [1.165, 1.54) is 29.4 Å². The molecule has 2 aromatic carbocycles. The lowest BCUT2D eigenvalue weighted by molar-refractivity contribution is -0.117. The molecule has 3 rings (SSSR count). The Labute approximate surface area is 182 Å². The van der Waals surface area contributed by atoms with E-state index in [0.717, 1.165) is 0 Å². The number of amides is 2. The molecule has 0 bridgehead atoms. The van der Waals surface area contributed by atoms with Gasteiger partial charge in [-0.3, -0.25) is 14.4 Å². The number of rotatable bonds is 7. The molecule has 1 heterocycles. The van der Waals surface area contributed by atoms with Gasteiger partial charge in [0.25, 0.3) is 0 Å². The van der Waals surface area contributed by atoms with E-state index < -0.39 is 24.0 Å². The Morgan fingerprint density at radius 1 is 0.933 bits per heavy atom. The summed E-state index contributed by atoms with van der Waals surface area (Å²) in [5.74, 6) is -1.59. The molecule has 0 fully saturated rings. The van der Waals surface area contributed by atoms with Gasteiger partial charge in [-0.25, -0.2) is 9.97 Å². The monoisotopic (exact) mass is 442 g/mol. The summed E-state index contributed by atoms with van der Waals surface area (Å²) in [5.41, 5.74) is 6.77. The molecule has 3 aromatic rings. The van der Waals surface area contributed by atoms with Crippen LogP contribution in [-0.2, 0) is 11.3 Å². The molecule has 0 saturated heterocycles. The third-order valence-electron chi connectivity index (χ3n) is 4.22. The van der Waals surface area contributed by atoms with E-state index in [-0.39, 0.29) is 12.4 Å². The Morgan fingerprint density at radius 3 is 2.20 bits per heavy atom. The van der Waals surface area contributed by atoms with E-state index >= 15 is 0 Å². The van der Waals surface area contributed by atoms with Gasteiger partial charge in [-0.15, -0.1) is 0 Å². The second-order valence-electron chi connectivity index (χ2n) is 6.31. The van der Waals surface area contributed by atoms with Crippen molar-refractivity contribution in [2.24, 2.45) is 5.73 Å². The van der Waals surface area contributed by atoms with Crippen LogP contribution >= 0.6 is 23.2 Å². The number of nitrogens with zero attached hydrogens (tertiary/aromatic N) is 3. The zero-order chi connectivity index (χ0) is 21.7. The molecule has 0 radical (unpaired) electrons. The summed E-state index contributed by atoms with van der Waals surface area (Å²) in [6.45, 7) is 0.133. The van der Waals surface area contributed by atoms with Crippen LogP contribution in [0.2, 0.25) is 10.0 Å². The number of hydrogen-bond acceptors (Lipinski definition) is 5. The fraction of sp³-hybridized carbons (Fsp3) is 0.0952. The number of primary amides is 1. The highest BCUT2D eigenvalue weighted by molar-refractivity contribution is 6.42. The number of anilines is 1. The first kappa shape index (κ1) is 21.4. The van der Waals surface area contributed by atoms with Crippen molar-refractivity contribution in [2.75, 3.05) is 4.90 Å². The van der Waals surface area contributed by atoms with Crippen LogP contribution in [0.15, 0.2) is 60.9 Å². The van der Waals surface area contributed by atoms with Gasteiger partial charge in [0.2, 0.25) is 17.6 Å². The number of carbonyl (C=O) groups excluding carboxylic acids is 3. The highest BCUT2D eigenvalue weighted by atomic mass is 35.5. The smallest absolute Gasteiger partial charge is 0.248 e. The van der Waals surface area contributed by atoms with Crippen LogP contribution in [0.1, 0.15) is 33.0 Å². The second kappa shape index (κ2) is 9.47. The first-order chi connectivity index (χ1) is 14.3. The van der Waals surface area contributed by atoms with Gasteiger partial charge in [-0.05, 0) is 48.0 Å². The van der Waals surface area contributed by atoms with Crippen molar-refractivity contribution in [3.8, 4) is 0 Å². The molecule has 0 spiro atoms. The van der Waals surface area contributed by atoms with Gasteiger partial charge in [0.1, 0.15) is 0 Å². The topological polar surface area (TPSA) is 106 Å². The molecule has 30 heavy (non-hydrogen) atoms. The molecule has 2 amide bonds. The van der Waals surface area contributed by atoms with Crippen molar-refractivity contribution in [1.29, 1.82) is 0 Å². The number of aromatic nitrogens is 2.